The Bertz CT molecular complexity index is 602. The standard InChI is InChI=1S/C13H15N3O3/c14-10-8-12-11(7-9(10)1-4-17)15-13(19-12)16-2-5-18-6-3-16/h4,7-8H,1-3,5-6,14H2. The minimum Gasteiger partial charge on any atom is -0.423 e. The van der Waals surface area contributed by atoms with Gasteiger partial charge in [-0.2, -0.15) is 4.98 Å². The minimum atomic E-state index is 0.293. The average molecular weight is 261 g/mol. The molecule has 2 N–H and O–H groups in total. The molecule has 0 saturated carbocycles. The number of oxazole rings is 1. The van der Waals surface area contributed by atoms with Gasteiger partial charge in [0.15, 0.2) is 5.58 Å². The molecule has 0 unspecified atom stereocenters. The van der Waals surface area contributed by atoms with Crippen molar-refractivity contribution in [1.82, 2.24) is 4.98 Å². The van der Waals surface area contributed by atoms with Crippen LogP contribution in [0.1, 0.15) is 5.56 Å². The number of ether oxygens (including phenoxy) is 1. The molecule has 1 fully saturated rings. The molecule has 6 nitrogen and oxygen atoms in total. The van der Waals surface area contributed by atoms with E-state index in [4.69, 9.17) is 14.9 Å². The summed E-state index contributed by atoms with van der Waals surface area (Å²) in [5, 5.41) is 0. The second kappa shape index (κ2) is 4.89. The van der Waals surface area contributed by atoms with Gasteiger partial charge in [0, 0.05) is 31.3 Å². The SMILES string of the molecule is Nc1cc2oc(N3CCOCC3)nc2cc1CC=O. The number of hydrogen-bond donors (Lipinski definition) is 1. The van der Waals surface area contributed by atoms with Gasteiger partial charge in [0.25, 0.3) is 6.01 Å². The van der Waals surface area contributed by atoms with Gasteiger partial charge in [-0.05, 0) is 11.6 Å². The van der Waals surface area contributed by atoms with Crippen LogP contribution in [0.2, 0.25) is 0 Å². The zero-order chi connectivity index (χ0) is 13.2. The van der Waals surface area contributed by atoms with E-state index in [1.165, 1.54) is 0 Å². The lowest BCUT2D eigenvalue weighted by molar-refractivity contribution is -0.107. The molecule has 6 heteroatoms. The third-order valence-corrected chi connectivity index (χ3v) is 3.22. The Morgan fingerprint density at radius 1 is 1.37 bits per heavy atom. The Hall–Kier alpha value is -2.08. The first-order chi connectivity index (χ1) is 9.28. The van der Waals surface area contributed by atoms with Crippen molar-refractivity contribution in [2.45, 2.75) is 6.42 Å². The average Bonchev–Trinajstić information content (AvgIpc) is 2.83. The first kappa shape index (κ1) is 12.0. The second-order valence-electron chi connectivity index (χ2n) is 4.49. The van der Waals surface area contributed by atoms with Gasteiger partial charge in [0.05, 0.1) is 13.2 Å². The number of aldehydes is 1. The van der Waals surface area contributed by atoms with Crippen molar-refractivity contribution in [2.75, 3.05) is 36.9 Å². The normalized spacial score (nSPS) is 15.9. The maximum Gasteiger partial charge on any atom is 0.298 e. The highest BCUT2D eigenvalue weighted by atomic mass is 16.5. The number of aromatic nitrogens is 1. The van der Waals surface area contributed by atoms with Crippen LogP contribution >= 0.6 is 0 Å². The van der Waals surface area contributed by atoms with Crippen LogP contribution in [-0.4, -0.2) is 37.6 Å². The van der Waals surface area contributed by atoms with Crippen LogP contribution in [0.25, 0.3) is 11.1 Å². The summed E-state index contributed by atoms with van der Waals surface area (Å²) >= 11 is 0. The molecular formula is C13H15N3O3. The number of fused-ring (bicyclic) bond motifs is 1. The monoisotopic (exact) mass is 261 g/mol. The van der Waals surface area contributed by atoms with Gasteiger partial charge in [0.2, 0.25) is 0 Å². The predicted molar refractivity (Wildman–Crippen MR) is 71.2 cm³/mol. The number of nitrogens with two attached hydrogens (primary N) is 1. The summed E-state index contributed by atoms with van der Waals surface area (Å²) in [5.74, 6) is 0. The fraction of sp³-hybridized carbons (Fsp3) is 0.385. The number of morpholine rings is 1. The lowest BCUT2D eigenvalue weighted by atomic mass is 10.1. The van der Waals surface area contributed by atoms with Gasteiger partial charge < -0.3 is 24.6 Å². The van der Waals surface area contributed by atoms with E-state index >= 15 is 0 Å². The largest absolute Gasteiger partial charge is 0.423 e. The van der Waals surface area contributed by atoms with E-state index < -0.39 is 0 Å². The molecule has 0 amide bonds. The Morgan fingerprint density at radius 2 is 2.16 bits per heavy atom. The van der Waals surface area contributed by atoms with Gasteiger partial charge >= 0.3 is 0 Å². The number of carbonyl (C=O) groups excluding carboxylic acids is 1. The third kappa shape index (κ3) is 2.26. The Morgan fingerprint density at radius 3 is 2.89 bits per heavy atom. The smallest absolute Gasteiger partial charge is 0.298 e. The van der Waals surface area contributed by atoms with Crippen molar-refractivity contribution in [3.8, 4) is 0 Å². The molecule has 2 heterocycles. The van der Waals surface area contributed by atoms with E-state index in [1.807, 2.05) is 11.0 Å². The summed E-state index contributed by atoms with van der Waals surface area (Å²) < 4.78 is 11.0. The molecule has 19 heavy (non-hydrogen) atoms. The number of anilines is 2. The molecule has 3 rings (SSSR count). The molecule has 0 atom stereocenters. The molecule has 1 saturated heterocycles. The number of hydrogen-bond acceptors (Lipinski definition) is 6. The third-order valence-electron chi connectivity index (χ3n) is 3.22. The molecule has 0 aliphatic carbocycles. The van der Waals surface area contributed by atoms with E-state index in [2.05, 4.69) is 4.98 Å². The van der Waals surface area contributed by atoms with E-state index in [0.717, 1.165) is 30.5 Å². The molecule has 0 bridgehead atoms. The van der Waals surface area contributed by atoms with Gasteiger partial charge in [-0.25, -0.2) is 0 Å². The van der Waals surface area contributed by atoms with Gasteiger partial charge in [0.1, 0.15) is 11.8 Å². The van der Waals surface area contributed by atoms with Crippen LogP contribution in [0.15, 0.2) is 16.5 Å². The number of carbonyl (C=O) groups is 1. The highest BCUT2D eigenvalue weighted by Gasteiger charge is 2.17. The van der Waals surface area contributed by atoms with Crippen molar-refractivity contribution >= 4 is 29.1 Å². The lowest BCUT2D eigenvalue weighted by Gasteiger charge is -2.24. The van der Waals surface area contributed by atoms with E-state index in [1.54, 1.807) is 6.07 Å². The number of benzene rings is 1. The van der Waals surface area contributed by atoms with Crippen LogP contribution in [0.3, 0.4) is 0 Å². The zero-order valence-electron chi connectivity index (χ0n) is 10.5. The van der Waals surface area contributed by atoms with Crippen molar-refractivity contribution in [1.29, 1.82) is 0 Å². The Kier molecular flexibility index (Phi) is 3.08. The van der Waals surface area contributed by atoms with Gasteiger partial charge in [-0.3, -0.25) is 0 Å². The van der Waals surface area contributed by atoms with Crippen LogP contribution in [0.5, 0.6) is 0 Å². The van der Waals surface area contributed by atoms with Gasteiger partial charge in [-0.1, -0.05) is 0 Å². The highest BCUT2D eigenvalue weighted by molar-refractivity contribution is 5.81. The molecule has 1 aliphatic rings. The summed E-state index contributed by atoms with van der Waals surface area (Å²) in [6.07, 6.45) is 1.13. The summed E-state index contributed by atoms with van der Waals surface area (Å²) in [4.78, 5) is 17.1. The fourth-order valence-electron chi connectivity index (χ4n) is 2.18. The first-order valence-corrected chi connectivity index (χ1v) is 6.23. The molecular weight excluding hydrogens is 246 g/mol. The Labute approximate surface area is 110 Å². The quantitative estimate of drug-likeness (QED) is 0.655. The molecule has 1 aromatic heterocycles. The maximum absolute atomic E-state index is 10.6. The summed E-state index contributed by atoms with van der Waals surface area (Å²) in [6, 6.07) is 4.12. The van der Waals surface area contributed by atoms with Crippen molar-refractivity contribution in [3.63, 3.8) is 0 Å². The van der Waals surface area contributed by atoms with E-state index in [9.17, 15) is 4.79 Å². The van der Waals surface area contributed by atoms with Crippen LogP contribution in [0, 0.1) is 0 Å². The summed E-state index contributed by atoms with van der Waals surface area (Å²) in [6.45, 7) is 2.89. The van der Waals surface area contributed by atoms with Crippen molar-refractivity contribution in [3.05, 3.63) is 17.7 Å². The topological polar surface area (TPSA) is 81.6 Å². The number of rotatable bonds is 3. The maximum atomic E-state index is 10.6. The molecule has 100 valence electrons. The van der Waals surface area contributed by atoms with Crippen molar-refractivity contribution in [2.24, 2.45) is 0 Å². The second-order valence-corrected chi connectivity index (χ2v) is 4.49. The van der Waals surface area contributed by atoms with Gasteiger partial charge in [-0.15, -0.1) is 0 Å². The molecule has 1 aromatic carbocycles. The fourth-order valence-corrected chi connectivity index (χ4v) is 2.18. The predicted octanol–water partition coefficient (Wildman–Crippen LogP) is 0.988. The van der Waals surface area contributed by atoms with Crippen LogP contribution in [-0.2, 0) is 16.0 Å². The molecule has 2 aromatic rings. The number of nitrogen functional groups attached to an aromatic ring is 1. The summed E-state index contributed by atoms with van der Waals surface area (Å²) in [5.41, 5.74) is 8.60. The minimum absolute atomic E-state index is 0.293. The van der Waals surface area contributed by atoms with Crippen LogP contribution < -0.4 is 10.6 Å². The highest BCUT2D eigenvalue weighted by Crippen LogP contribution is 2.26. The molecule has 0 spiro atoms. The van der Waals surface area contributed by atoms with Crippen molar-refractivity contribution < 1.29 is 13.9 Å². The first-order valence-electron chi connectivity index (χ1n) is 6.23. The summed E-state index contributed by atoms with van der Waals surface area (Å²) in [7, 11) is 0. The number of nitrogens with zero attached hydrogens (tertiary/aromatic N) is 2. The molecule has 0 radical (unpaired) electrons. The van der Waals surface area contributed by atoms with Crippen LogP contribution in [0.4, 0.5) is 11.7 Å². The van der Waals surface area contributed by atoms with E-state index in [0.29, 0.717) is 36.9 Å². The molecule has 1 aliphatic heterocycles. The van der Waals surface area contributed by atoms with E-state index in [-0.39, 0.29) is 0 Å². The Balaban J connectivity index is 1.97. The lowest BCUT2D eigenvalue weighted by Crippen LogP contribution is -2.36. The zero-order valence-corrected chi connectivity index (χ0v) is 10.5.